The minimum absolute atomic E-state index is 0. The second-order valence-electron chi connectivity index (χ2n) is 5.01. The molecule has 6 heteroatoms. The molecule has 2 aliphatic heterocycles. The van der Waals surface area contributed by atoms with Crippen LogP contribution in [-0.2, 0) is 9.47 Å². The lowest BCUT2D eigenvalue weighted by molar-refractivity contribution is 0.0490. The predicted molar refractivity (Wildman–Crippen MR) is 79.6 cm³/mol. The molecule has 4 atom stereocenters. The molecule has 0 aromatic heterocycles. The third-order valence-electron chi connectivity index (χ3n) is 3.41. The van der Waals surface area contributed by atoms with E-state index in [0.717, 1.165) is 39.3 Å². The van der Waals surface area contributed by atoms with Crippen LogP contribution >= 0.6 is 24.8 Å². The summed E-state index contributed by atoms with van der Waals surface area (Å²) in [5, 5.41) is 0. The normalized spacial score (nSPS) is 35.3. The first-order valence-electron chi connectivity index (χ1n) is 6.28. The highest BCUT2D eigenvalue weighted by atomic mass is 35.5. The van der Waals surface area contributed by atoms with E-state index in [9.17, 15) is 0 Å². The van der Waals surface area contributed by atoms with E-state index in [4.69, 9.17) is 20.9 Å². The molecule has 2 rings (SSSR count). The molecular formula is C12H28Cl2N2O2. The molecule has 0 aliphatic carbocycles. The predicted octanol–water partition coefficient (Wildman–Crippen LogP) is 1.58. The molecule has 4 nitrogen and oxygen atoms in total. The zero-order valence-electron chi connectivity index (χ0n) is 11.3. The van der Waals surface area contributed by atoms with Crippen LogP contribution in [0, 0.1) is 11.8 Å². The minimum atomic E-state index is 0. The highest BCUT2D eigenvalue weighted by Gasteiger charge is 2.17. The van der Waals surface area contributed by atoms with Gasteiger partial charge in [0.2, 0.25) is 0 Å². The fourth-order valence-corrected chi connectivity index (χ4v) is 1.79. The molecule has 2 aliphatic rings. The Bertz CT molecular complexity index is 159. The molecule has 4 N–H and O–H groups in total. The number of halogens is 2. The van der Waals surface area contributed by atoms with Gasteiger partial charge in [-0.2, -0.15) is 0 Å². The Morgan fingerprint density at radius 2 is 1.11 bits per heavy atom. The second kappa shape index (κ2) is 11.3. The Balaban J connectivity index is 0. The van der Waals surface area contributed by atoms with Crippen molar-refractivity contribution in [1.29, 1.82) is 0 Å². The van der Waals surface area contributed by atoms with E-state index < -0.39 is 0 Å². The second-order valence-corrected chi connectivity index (χ2v) is 5.01. The smallest absolute Gasteiger partial charge is 0.0506 e. The molecule has 2 fully saturated rings. The van der Waals surface area contributed by atoms with E-state index in [1.165, 1.54) is 0 Å². The van der Waals surface area contributed by atoms with Crippen molar-refractivity contribution in [2.45, 2.75) is 38.8 Å². The Labute approximate surface area is 123 Å². The van der Waals surface area contributed by atoms with Gasteiger partial charge in [-0.05, 0) is 24.7 Å². The van der Waals surface area contributed by atoms with E-state index in [2.05, 4.69) is 13.8 Å². The first kappa shape index (κ1) is 20.7. The lowest BCUT2D eigenvalue weighted by atomic mass is 9.99. The topological polar surface area (TPSA) is 70.5 Å². The number of ether oxygens (including phenoxy) is 2. The molecule has 0 saturated carbocycles. The lowest BCUT2D eigenvalue weighted by Gasteiger charge is -2.24. The summed E-state index contributed by atoms with van der Waals surface area (Å²) >= 11 is 0. The minimum Gasteiger partial charge on any atom is -0.381 e. The molecule has 0 bridgehead atoms. The third-order valence-corrected chi connectivity index (χ3v) is 3.41. The van der Waals surface area contributed by atoms with Crippen LogP contribution in [0.4, 0.5) is 0 Å². The van der Waals surface area contributed by atoms with E-state index in [-0.39, 0.29) is 24.8 Å². The van der Waals surface area contributed by atoms with Gasteiger partial charge in [0.05, 0.1) is 13.2 Å². The molecule has 0 aromatic carbocycles. The zero-order valence-corrected chi connectivity index (χ0v) is 13.0. The summed E-state index contributed by atoms with van der Waals surface area (Å²) in [5.74, 6) is 1.12. The summed E-state index contributed by atoms with van der Waals surface area (Å²) in [6, 6.07) is 0.757. The Morgan fingerprint density at radius 1 is 0.778 bits per heavy atom. The van der Waals surface area contributed by atoms with Crippen molar-refractivity contribution in [2.75, 3.05) is 26.4 Å². The van der Waals surface area contributed by atoms with Crippen LogP contribution < -0.4 is 11.5 Å². The Hall–Kier alpha value is 0.420. The van der Waals surface area contributed by atoms with Gasteiger partial charge in [-0.15, -0.1) is 24.8 Å². The van der Waals surface area contributed by atoms with Crippen LogP contribution in [0.1, 0.15) is 26.7 Å². The largest absolute Gasteiger partial charge is 0.381 e. The summed E-state index contributed by atoms with van der Waals surface area (Å²) in [5.41, 5.74) is 11.4. The first-order valence-corrected chi connectivity index (χ1v) is 6.28. The summed E-state index contributed by atoms with van der Waals surface area (Å²) < 4.78 is 10.3. The lowest BCUT2D eigenvalue weighted by Crippen LogP contribution is -2.36. The molecule has 0 unspecified atom stereocenters. The van der Waals surface area contributed by atoms with Gasteiger partial charge in [-0.25, -0.2) is 0 Å². The molecule has 2 heterocycles. The monoisotopic (exact) mass is 302 g/mol. The van der Waals surface area contributed by atoms with Crippen molar-refractivity contribution in [2.24, 2.45) is 23.3 Å². The molecule has 0 amide bonds. The van der Waals surface area contributed by atoms with Gasteiger partial charge in [-0.1, -0.05) is 13.8 Å². The quantitative estimate of drug-likeness (QED) is 0.713. The van der Waals surface area contributed by atoms with Gasteiger partial charge in [0.25, 0.3) is 0 Å². The number of hydrogen-bond donors (Lipinski definition) is 2. The molecule has 0 spiro atoms. The van der Waals surface area contributed by atoms with Crippen LogP contribution in [0.2, 0.25) is 0 Å². The molecule has 18 heavy (non-hydrogen) atoms. The SMILES string of the molecule is C[C@@H]1COCC[C@H]1N.C[C@H]1COCC[C@@H]1N.Cl.Cl. The van der Waals surface area contributed by atoms with Crippen molar-refractivity contribution in [3.05, 3.63) is 0 Å². The molecular weight excluding hydrogens is 275 g/mol. The van der Waals surface area contributed by atoms with Crippen molar-refractivity contribution in [3.63, 3.8) is 0 Å². The summed E-state index contributed by atoms with van der Waals surface area (Å²) in [6.45, 7) is 7.66. The highest BCUT2D eigenvalue weighted by molar-refractivity contribution is 5.85. The fourth-order valence-electron chi connectivity index (χ4n) is 1.79. The Morgan fingerprint density at radius 3 is 1.28 bits per heavy atom. The zero-order chi connectivity index (χ0) is 12.0. The van der Waals surface area contributed by atoms with E-state index in [0.29, 0.717) is 23.9 Å². The third kappa shape index (κ3) is 7.77. The summed E-state index contributed by atoms with van der Waals surface area (Å²) in [4.78, 5) is 0. The molecule has 2 saturated heterocycles. The molecule has 112 valence electrons. The highest BCUT2D eigenvalue weighted by Crippen LogP contribution is 2.11. The van der Waals surface area contributed by atoms with Crippen LogP contribution in [-0.4, -0.2) is 38.5 Å². The maximum absolute atomic E-state index is 5.70. The van der Waals surface area contributed by atoms with Gasteiger partial charge in [0.1, 0.15) is 0 Å². The molecule has 0 aromatic rings. The number of nitrogens with two attached hydrogens (primary N) is 2. The molecule has 0 radical (unpaired) electrons. The summed E-state index contributed by atoms with van der Waals surface area (Å²) in [7, 11) is 0. The van der Waals surface area contributed by atoms with Gasteiger partial charge >= 0.3 is 0 Å². The van der Waals surface area contributed by atoms with E-state index >= 15 is 0 Å². The van der Waals surface area contributed by atoms with Crippen molar-refractivity contribution < 1.29 is 9.47 Å². The van der Waals surface area contributed by atoms with Crippen molar-refractivity contribution in [3.8, 4) is 0 Å². The first-order chi connectivity index (χ1) is 7.61. The average molecular weight is 303 g/mol. The number of rotatable bonds is 0. The van der Waals surface area contributed by atoms with E-state index in [1.807, 2.05) is 0 Å². The average Bonchev–Trinajstić information content (AvgIpc) is 2.28. The van der Waals surface area contributed by atoms with E-state index in [1.54, 1.807) is 0 Å². The van der Waals surface area contributed by atoms with Gasteiger partial charge < -0.3 is 20.9 Å². The standard InChI is InChI=1S/2C6H13NO.2ClH/c2*1-5-4-8-3-2-6(5)7;;/h2*5-6H,2-4,7H2,1H3;2*1H/t2*5-,6-;;/m10../s1. The maximum atomic E-state index is 5.70. The van der Waals surface area contributed by atoms with Crippen LogP contribution in [0.5, 0.6) is 0 Å². The summed E-state index contributed by atoms with van der Waals surface area (Å²) in [6.07, 6.45) is 2.06. The van der Waals surface area contributed by atoms with Crippen LogP contribution in [0.15, 0.2) is 0 Å². The fraction of sp³-hybridized carbons (Fsp3) is 1.00. The Kier molecular flexibility index (Phi) is 13.0. The van der Waals surface area contributed by atoms with Crippen LogP contribution in [0.3, 0.4) is 0 Å². The van der Waals surface area contributed by atoms with Gasteiger partial charge in [0.15, 0.2) is 0 Å². The van der Waals surface area contributed by atoms with Crippen molar-refractivity contribution >= 4 is 24.8 Å². The van der Waals surface area contributed by atoms with Crippen LogP contribution in [0.25, 0.3) is 0 Å². The maximum Gasteiger partial charge on any atom is 0.0506 e. The van der Waals surface area contributed by atoms with Gasteiger partial charge in [-0.3, -0.25) is 0 Å². The van der Waals surface area contributed by atoms with Crippen molar-refractivity contribution in [1.82, 2.24) is 0 Å². The number of hydrogen-bond acceptors (Lipinski definition) is 4. The van der Waals surface area contributed by atoms with Gasteiger partial charge in [0, 0.05) is 25.3 Å².